The second-order valence-corrected chi connectivity index (χ2v) is 5.52. The van der Waals surface area contributed by atoms with Crippen LogP contribution < -0.4 is 16.2 Å². The zero-order valence-corrected chi connectivity index (χ0v) is 14.0. The average molecular weight is 346 g/mol. The van der Waals surface area contributed by atoms with E-state index < -0.39 is 0 Å². The summed E-state index contributed by atoms with van der Waals surface area (Å²) in [4.78, 5) is 38.2. The molecule has 0 atom stereocenters. The Bertz CT molecular complexity index is 914. The first-order valence-electron chi connectivity index (χ1n) is 7.34. The molecule has 0 saturated carbocycles. The third kappa shape index (κ3) is 3.96. The van der Waals surface area contributed by atoms with Crippen molar-refractivity contribution < 1.29 is 9.59 Å². The highest BCUT2D eigenvalue weighted by atomic mass is 32.1. The standard InChI is InChI=1S/C16H18N4O3S/c1-3-8-20-15(23)12-5-4-11(9-13(12)19-16(20)24)14(22)18-7-6-17-10(2)21/h3-5,9H,1,6-8H2,2H3,(H,17,21)(H,18,22)(H,19,24). The summed E-state index contributed by atoms with van der Waals surface area (Å²) in [7, 11) is 0. The van der Waals surface area contributed by atoms with E-state index in [1.54, 1.807) is 24.3 Å². The number of aromatic amines is 1. The zero-order valence-electron chi connectivity index (χ0n) is 13.2. The molecule has 0 unspecified atom stereocenters. The van der Waals surface area contributed by atoms with Crippen LogP contribution in [0.25, 0.3) is 10.9 Å². The summed E-state index contributed by atoms with van der Waals surface area (Å²) in [5.74, 6) is -0.449. The summed E-state index contributed by atoms with van der Waals surface area (Å²) >= 11 is 5.17. The number of hydrogen-bond donors (Lipinski definition) is 3. The van der Waals surface area contributed by atoms with Crippen molar-refractivity contribution in [1.82, 2.24) is 20.2 Å². The first-order valence-corrected chi connectivity index (χ1v) is 7.75. The largest absolute Gasteiger partial charge is 0.355 e. The van der Waals surface area contributed by atoms with Crippen molar-refractivity contribution >= 4 is 34.9 Å². The first-order chi connectivity index (χ1) is 11.4. The number of benzene rings is 1. The molecule has 8 heteroatoms. The summed E-state index contributed by atoms with van der Waals surface area (Å²) < 4.78 is 1.67. The van der Waals surface area contributed by atoms with Gasteiger partial charge in [-0.3, -0.25) is 19.0 Å². The Morgan fingerprint density at radius 1 is 1.33 bits per heavy atom. The smallest absolute Gasteiger partial charge is 0.262 e. The lowest BCUT2D eigenvalue weighted by atomic mass is 10.1. The molecule has 0 aliphatic heterocycles. The van der Waals surface area contributed by atoms with E-state index in [4.69, 9.17) is 12.2 Å². The monoisotopic (exact) mass is 346 g/mol. The highest BCUT2D eigenvalue weighted by Gasteiger charge is 2.09. The summed E-state index contributed by atoms with van der Waals surface area (Å²) in [6.45, 7) is 5.99. The van der Waals surface area contributed by atoms with Gasteiger partial charge in [0, 0.05) is 32.1 Å². The lowest BCUT2D eigenvalue weighted by Crippen LogP contribution is -2.33. The number of carbonyl (C=O) groups excluding carboxylic acids is 2. The van der Waals surface area contributed by atoms with E-state index in [9.17, 15) is 14.4 Å². The maximum absolute atomic E-state index is 12.4. The first kappa shape index (κ1) is 17.6. The molecule has 3 N–H and O–H groups in total. The second kappa shape index (κ2) is 7.69. The summed E-state index contributed by atoms with van der Waals surface area (Å²) in [6.07, 6.45) is 1.59. The van der Waals surface area contributed by atoms with Gasteiger partial charge in [-0.2, -0.15) is 0 Å². The quantitative estimate of drug-likeness (QED) is 0.415. The van der Waals surface area contributed by atoms with E-state index in [1.807, 2.05) is 0 Å². The van der Waals surface area contributed by atoms with Crippen molar-refractivity contribution in [3.63, 3.8) is 0 Å². The van der Waals surface area contributed by atoms with Crippen molar-refractivity contribution in [1.29, 1.82) is 0 Å². The van der Waals surface area contributed by atoms with Gasteiger partial charge in [-0.25, -0.2) is 0 Å². The molecule has 1 aromatic carbocycles. The second-order valence-electron chi connectivity index (χ2n) is 5.13. The summed E-state index contributed by atoms with van der Waals surface area (Å²) in [6, 6.07) is 4.75. The fraction of sp³-hybridized carbons (Fsp3) is 0.250. The SMILES string of the molecule is C=CCn1c(=S)[nH]c2cc(C(=O)NCCNC(C)=O)ccc2c1=O. The average Bonchev–Trinajstić information content (AvgIpc) is 2.54. The highest BCUT2D eigenvalue weighted by Crippen LogP contribution is 2.11. The molecule has 0 fully saturated rings. The van der Waals surface area contributed by atoms with Crippen LogP contribution in [0.2, 0.25) is 0 Å². The molecule has 1 aromatic heterocycles. The van der Waals surface area contributed by atoms with Gasteiger partial charge in [-0.15, -0.1) is 6.58 Å². The maximum atomic E-state index is 12.4. The Hall–Kier alpha value is -2.74. The molecule has 0 spiro atoms. The van der Waals surface area contributed by atoms with E-state index in [0.29, 0.717) is 36.1 Å². The van der Waals surface area contributed by atoms with Crippen molar-refractivity contribution in [2.45, 2.75) is 13.5 Å². The van der Waals surface area contributed by atoms with Crippen LogP contribution in [-0.2, 0) is 11.3 Å². The van der Waals surface area contributed by atoms with Gasteiger partial charge in [-0.05, 0) is 30.4 Å². The number of carbonyl (C=O) groups is 2. The fourth-order valence-electron chi connectivity index (χ4n) is 2.21. The molecule has 24 heavy (non-hydrogen) atoms. The van der Waals surface area contributed by atoms with Crippen molar-refractivity contribution in [3.8, 4) is 0 Å². The van der Waals surface area contributed by atoms with Gasteiger partial charge in [0.15, 0.2) is 4.77 Å². The number of nitrogens with zero attached hydrogens (tertiary/aromatic N) is 1. The van der Waals surface area contributed by atoms with Crippen molar-refractivity contribution in [3.05, 3.63) is 51.5 Å². The van der Waals surface area contributed by atoms with Crippen LogP contribution in [0.15, 0.2) is 35.6 Å². The number of aromatic nitrogens is 2. The van der Waals surface area contributed by atoms with Gasteiger partial charge in [0.1, 0.15) is 0 Å². The van der Waals surface area contributed by atoms with Gasteiger partial charge in [-0.1, -0.05) is 6.08 Å². The molecule has 0 aliphatic carbocycles. The van der Waals surface area contributed by atoms with Crippen LogP contribution in [0.3, 0.4) is 0 Å². The Labute approximate surface area is 143 Å². The molecule has 0 aliphatic rings. The van der Waals surface area contributed by atoms with E-state index in [1.165, 1.54) is 11.5 Å². The lowest BCUT2D eigenvalue weighted by molar-refractivity contribution is -0.118. The molecule has 2 aromatic rings. The van der Waals surface area contributed by atoms with Gasteiger partial charge in [0.25, 0.3) is 11.5 Å². The molecule has 2 rings (SSSR count). The van der Waals surface area contributed by atoms with Crippen LogP contribution >= 0.6 is 12.2 Å². The Balaban J connectivity index is 2.25. The predicted octanol–water partition coefficient (Wildman–Crippen LogP) is 1.11. The number of H-pyrrole nitrogens is 1. The highest BCUT2D eigenvalue weighted by molar-refractivity contribution is 7.71. The van der Waals surface area contributed by atoms with Gasteiger partial charge < -0.3 is 15.6 Å². The van der Waals surface area contributed by atoms with Crippen molar-refractivity contribution in [2.75, 3.05) is 13.1 Å². The van der Waals surface area contributed by atoms with E-state index in [0.717, 1.165) is 0 Å². The van der Waals surface area contributed by atoms with Crippen LogP contribution in [0.5, 0.6) is 0 Å². The summed E-state index contributed by atoms with van der Waals surface area (Å²) in [5, 5.41) is 5.72. The number of allylic oxidation sites excluding steroid dienone is 1. The normalized spacial score (nSPS) is 10.4. The summed E-state index contributed by atoms with van der Waals surface area (Å²) in [5.41, 5.74) is 0.669. The van der Waals surface area contributed by atoms with Crippen molar-refractivity contribution in [2.24, 2.45) is 0 Å². The van der Waals surface area contributed by atoms with Gasteiger partial charge >= 0.3 is 0 Å². The molecular formula is C16H18N4O3S. The minimum atomic E-state index is -0.295. The van der Waals surface area contributed by atoms with E-state index >= 15 is 0 Å². The third-order valence-electron chi connectivity index (χ3n) is 3.34. The zero-order chi connectivity index (χ0) is 17.7. The predicted molar refractivity (Wildman–Crippen MR) is 94.6 cm³/mol. The van der Waals surface area contributed by atoms with Gasteiger partial charge in [0.2, 0.25) is 5.91 Å². The molecular weight excluding hydrogens is 328 g/mol. The minimum Gasteiger partial charge on any atom is -0.355 e. The number of fused-ring (bicyclic) bond motifs is 1. The molecule has 0 bridgehead atoms. The van der Waals surface area contributed by atoms with Crippen LogP contribution in [0.4, 0.5) is 0 Å². The Morgan fingerprint density at radius 2 is 2.04 bits per heavy atom. The number of nitrogens with one attached hydrogen (secondary N) is 3. The number of hydrogen-bond acceptors (Lipinski definition) is 4. The number of rotatable bonds is 6. The van der Waals surface area contributed by atoms with Crippen LogP contribution in [-0.4, -0.2) is 34.5 Å². The van der Waals surface area contributed by atoms with Crippen LogP contribution in [0, 0.1) is 4.77 Å². The number of amides is 2. The van der Waals surface area contributed by atoms with E-state index in [2.05, 4.69) is 22.2 Å². The lowest BCUT2D eigenvalue weighted by Gasteiger charge is -2.08. The molecule has 1 heterocycles. The molecule has 7 nitrogen and oxygen atoms in total. The van der Waals surface area contributed by atoms with E-state index in [-0.39, 0.29) is 22.1 Å². The Kier molecular flexibility index (Phi) is 5.64. The topological polar surface area (TPSA) is 96.0 Å². The molecule has 0 radical (unpaired) electrons. The van der Waals surface area contributed by atoms with Crippen LogP contribution in [0.1, 0.15) is 17.3 Å². The maximum Gasteiger partial charge on any atom is 0.262 e. The minimum absolute atomic E-state index is 0.154. The molecule has 0 saturated heterocycles. The Morgan fingerprint density at radius 3 is 2.71 bits per heavy atom. The fourth-order valence-corrected chi connectivity index (χ4v) is 2.47. The molecule has 2 amide bonds. The third-order valence-corrected chi connectivity index (χ3v) is 3.66. The molecule has 126 valence electrons. The van der Waals surface area contributed by atoms with Gasteiger partial charge in [0.05, 0.1) is 10.9 Å².